The van der Waals surface area contributed by atoms with Crippen molar-refractivity contribution in [2.24, 2.45) is 17.2 Å². The molecule has 0 unspecified atom stereocenters. The highest BCUT2D eigenvalue weighted by atomic mass is 16.5. The highest BCUT2D eigenvalue weighted by molar-refractivity contribution is 5.98. The van der Waals surface area contributed by atoms with Crippen LogP contribution in [0.25, 0.3) is 0 Å². The molecule has 3 aromatic heterocycles. The number of nitrogens with one attached hydrogen (secondary N) is 18. The first kappa shape index (κ1) is 94.0. The number of aromatic nitrogens is 9. The van der Waals surface area contributed by atoms with E-state index in [4.69, 9.17) is 47.6 Å². The van der Waals surface area contributed by atoms with E-state index < -0.39 is 200 Å². The Morgan fingerprint density at radius 2 is 0.651 bits per heavy atom. The van der Waals surface area contributed by atoms with Crippen molar-refractivity contribution in [3.05, 3.63) is 53.9 Å². The number of carboxylic acid groups (broad SMARTS) is 3. The lowest BCUT2D eigenvalue weighted by atomic mass is 10.1. The molecule has 126 heavy (non-hydrogen) atoms. The molecule has 6 saturated heterocycles. The molecule has 0 radical (unpaired) electrons. The van der Waals surface area contributed by atoms with Gasteiger partial charge in [-0.2, -0.15) is 0 Å². The standard InChI is InChI=1S/C72H105N33O21/c73-70(74)79-7-1-4-46-61(115)82-25-55(106)88-49(22-58(109)110)64(118)85-37-16-52(67(121)91-46)100(28-37)10-13-103-31-40(94-97-103)34-124-43-19-44(125-35-41-32-104(98-95-41)14-11-101-29-38-17-53(101)68(122)92-47(5-2-8-80-71(75)76)62(116)83-26-56(107)89-50(23-59(111)112)65(119)86-38)21-45(20-43)126-36-42-33-105(99-96-42)15-12-102-30-39-18-54(102)69(123)93-48(6-3-9-81-72(77)78)63(117)84-27-57(108)90-51(24-60(113)114)66(120)87-39/h19-21,31-33,37-39,46-54H,1-18,22-30,34-36H2,(H,82,115)(H,83,116)(H,84,117)(H,85,118)(H,86,119)(H,87,120)(H,88,106)(H,89,107)(H,90,108)(H,91,121)(H,92,122)(H,93,123)(H,109,110)(H,111,112)(H,113,114)(H4,73,74,79)(H4,75,76,80)(H4,77,78,81)/t37-,38-,39-,46-,47-,48-,49-,50-,51-,52-,53-,54-/m0/s1. The molecule has 0 saturated carbocycles. The molecular formula is C72H105N33O21. The Labute approximate surface area is 717 Å². The second kappa shape index (κ2) is 45.2. The summed E-state index contributed by atoms with van der Waals surface area (Å²) >= 11 is 0. The number of hydrogen-bond acceptors (Lipinski definition) is 30. The molecule has 9 heterocycles. The van der Waals surface area contributed by atoms with Gasteiger partial charge in [-0.1, -0.05) is 15.6 Å². The maximum absolute atomic E-state index is 14.3. The van der Waals surface area contributed by atoms with Gasteiger partial charge >= 0.3 is 17.9 Å². The van der Waals surface area contributed by atoms with E-state index >= 15 is 0 Å². The van der Waals surface area contributed by atoms with E-state index in [-0.39, 0.29) is 191 Å². The van der Waals surface area contributed by atoms with Crippen molar-refractivity contribution in [2.45, 2.75) is 189 Å². The summed E-state index contributed by atoms with van der Waals surface area (Å²) in [5, 5.41) is 116. The number of amides is 12. The lowest BCUT2D eigenvalue weighted by Crippen LogP contribution is -2.55. The molecular weight excluding hydrogens is 1660 g/mol. The molecule has 12 amide bonds. The van der Waals surface area contributed by atoms with Gasteiger partial charge in [-0.25, -0.2) is 0 Å². The zero-order chi connectivity index (χ0) is 90.7. The molecule has 1 aromatic carbocycles. The number of likely N-dealkylation sites (tertiary alicyclic amines) is 3. The summed E-state index contributed by atoms with van der Waals surface area (Å²) in [5.41, 5.74) is 17.3. The topological polar surface area (TPSA) is 776 Å². The minimum Gasteiger partial charge on any atom is -0.487 e. The van der Waals surface area contributed by atoms with Gasteiger partial charge in [0.25, 0.3) is 0 Å². The number of benzene rings is 1. The van der Waals surface area contributed by atoms with Gasteiger partial charge in [0.05, 0.1) is 95.2 Å². The lowest BCUT2D eigenvalue weighted by molar-refractivity contribution is -0.141. The second-order valence-corrected chi connectivity index (χ2v) is 30.7. The smallest absolute Gasteiger partial charge is 0.305 e. The van der Waals surface area contributed by atoms with Gasteiger partial charge in [-0.3, -0.25) is 117 Å². The van der Waals surface area contributed by atoms with Crippen LogP contribution in [-0.2, 0) is 111 Å². The average molecular weight is 1770 g/mol. The van der Waals surface area contributed by atoms with E-state index in [0.29, 0.717) is 17.1 Å². The van der Waals surface area contributed by atoms with Crippen molar-refractivity contribution in [3.63, 3.8) is 0 Å². The monoisotopic (exact) mass is 1770 g/mol. The Morgan fingerprint density at radius 1 is 0.381 bits per heavy atom. The molecule has 54 nitrogen and oxygen atoms in total. The van der Waals surface area contributed by atoms with Gasteiger partial charge in [0.1, 0.15) is 90.4 Å². The number of guanidine groups is 3. The van der Waals surface area contributed by atoms with Crippen LogP contribution in [0.4, 0.5) is 0 Å². The number of ether oxygens (including phenoxy) is 3. The van der Waals surface area contributed by atoms with Gasteiger partial charge in [0.2, 0.25) is 70.9 Å². The fourth-order valence-electron chi connectivity index (χ4n) is 14.9. The molecule has 6 aliphatic heterocycles. The number of nitrogens with two attached hydrogens (primary N) is 3. The van der Waals surface area contributed by atoms with Crippen LogP contribution in [0.2, 0.25) is 0 Å². The predicted molar refractivity (Wildman–Crippen MR) is 430 cm³/mol. The van der Waals surface area contributed by atoms with Crippen molar-refractivity contribution in [1.29, 1.82) is 16.2 Å². The van der Waals surface area contributed by atoms with Gasteiger partial charge in [-0.15, -0.1) is 15.3 Å². The number of nitrogens with zero attached hydrogens (tertiary/aromatic N) is 12. The molecule has 54 heteroatoms. The van der Waals surface area contributed by atoms with Crippen molar-refractivity contribution < 1.29 is 101 Å². The first-order valence-corrected chi connectivity index (χ1v) is 40.6. The maximum atomic E-state index is 14.3. The van der Waals surface area contributed by atoms with Crippen LogP contribution in [0.1, 0.15) is 94.1 Å². The van der Waals surface area contributed by atoms with E-state index in [9.17, 15) is 87.2 Å². The number of rotatable bonds is 36. The van der Waals surface area contributed by atoms with E-state index in [2.05, 4.69) is 111 Å². The summed E-state index contributed by atoms with van der Waals surface area (Å²) in [4.78, 5) is 204. The quantitative estimate of drug-likeness (QED) is 0.0114. The minimum atomic E-state index is -1.53. The van der Waals surface area contributed by atoms with Crippen molar-refractivity contribution in [1.82, 2.24) is 139 Å². The highest BCUT2D eigenvalue weighted by Crippen LogP contribution is 2.31. The van der Waals surface area contributed by atoms with Crippen LogP contribution in [-0.4, -0.2) is 333 Å². The van der Waals surface area contributed by atoms with E-state index in [0.717, 1.165) is 0 Å². The Kier molecular flexibility index (Phi) is 33.8. The molecule has 10 rings (SSSR count). The normalized spacial score (nSPS) is 23.9. The fourth-order valence-corrected chi connectivity index (χ4v) is 14.9. The molecule has 6 bridgehead atoms. The molecule has 684 valence electrons. The van der Waals surface area contributed by atoms with E-state index in [1.54, 1.807) is 51.5 Å². The average Bonchev–Trinajstić information content (AvgIpc) is 1.68. The first-order chi connectivity index (χ1) is 60.2. The minimum absolute atomic E-state index is 0.0183. The van der Waals surface area contributed by atoms with Crippen molar-refractivity contribution in [3.8, 4) is 17.2 Å². The van der Waals surface area contributed by atoms with Crippen LogP contribution in [0.15, 0.2) is 36.8 Å². The fraction of sp³-hybridized carbons (Fsp3) is 0.583. The largest absolute Gasteiger partial charge is 0.487 e. The van der Waals surface area contributed by atoms with Gasteiger partial charge in [0.15, 0.2) is 17.9 Å². The summed E-state index contributed by atoms with van der Waals surface area (Å²) in [5.74, 6) is -13.5. The molecule has 6 aliphatic rings. The van der Waals surface area contributed by atoms with Gasteiger partial charge in [-0.05, 0) is 57.8 Å². The number of carboxylic acids is 3. The summed E-state index contributed by atoms with van der Waals surface area (Å²) < 4.78 is 23.4. The summed E-state index contributed by atoms with van der Waals surface area (Å²) in [6, 6.07) is -8.48. The molecule has 0 spiro atoms. The van der Waals surface area contributed by atoms with Crippen LogP contribution < -0.4 is 111 Å². The third-order valence-corrected chi connectivity index (χ3v) is 21.0. The molecule has 4 aromatic rings. The zero-order valence-corrected chi connectivity index (χ0v) is 68.4. The third kappa shape index (κ3) is 29.2. The van der Waals surface area contributed by atoms with Crippen molar-refractivity contribution >= 4 is 107 Å². The summed E-state index contributed by atoms with van der Waals surface area (Å²) in [6.45, 7) is -1.12. The maximum Gasteiger partial charge on any atom is 0.305 e. The van der Waals surface area contributed by atoms with Crippen LogP contribution in [0.5, 0.6) is 17.2 Å². The zero-order valence-electron chi connectivity index (χ0n) is 68.4. The lowest BCUT2D eigenvalue weighted by Gasteiger charge is -2.26. The summed E-state index contributed by atoms with van der Waals surface area (Å²) in [7, 11) is 0. The first-order valence-electron chi connectivity index (χ1n) is 40.6. The SMILES string of the molecule is N=C(N)NCCC[C@@H]1NC(=O)[C@@H]2C[C@@H](CN2CCn2cc(COc3cc(OCc4cn(CCN5C[C@@H]6C[C@H]5C(=O)N[C@@H](CCCNC(=N)N)C(=O)NCC(=O)N[C@@H](CC(=O)O)C(=O)N6)nn4)cc(OCc4cn(CCN5C[C@@H]6C[C@H]5C(=O)N[C@@H](CCCNC(=N)N)C(=O)NCC(=O)N[C@@H](CC(=O)O)C(=O)N6)nn4)c3)nn2)NC(=O)[C@H](CC(=O)O)NC(=O)CNC1=O. The molecule has 0 aliphatic carbocycles. The molecule has 12 atom stereocenters. The Balaban J connectivity index is 0.842. The highest BCUT2D eigenvalue weighted by Gasteiger charge is 2.44. The van der Waals surface area contributed by atoms with Gasteiger partial charge in [0, 0.05) is 95.2 Å². The van der Waals surface area contributed by atoms with Crippen molar-refractivity contribution in [2.75, 3.05) is 78.5 Å². The Bertz CT molecular complexity index is 4200. The number of fused-ring (bicyclic) bond motifs is 6. The molecule has 6 fully saturated rings. The van der Waals surface area contributed by atoms with E-state index in [1.165, 1.54) is 14.0 Å². The number of carbonyl (C=O) groups is 15. The van der Waals surface area contributed by atoms with E-state index in [1.807, 2.05) is 0 Å². The third-order valence-electron chi connectivity index (χ3n) is 21.0. The number of aliphatic carboxylic acids is 3. The van der Waals surface area contributed by atoms with Crippen LogP contribution in [0, 0.1) is 16.2 Å². The summed E-state index contributed by atoms with van der Waals surface area (Å²) in [6.07, 6.45) is 3.40. The van der Waals surface area contributed by atoms with Gasteiger partial charge < -0.3 is 126 Å². The number of carbonyl (C=O) groups excluding carboxylic acids is 12. The molecule has 27 N–H and O–H groups in total. The van der Waals surface area contributed by atoms with Crippen LogP contribution in [0.3, 0.4) is 0 Å². The second-order valence-electron chi connectivity index (χ2n) is 30.7. The Hall–Kier alpha value is -14.2. The number of hydrogen-bond donors (Lipinski definition) is 24. The predicted octanol–water partition coefficient (Wildman–Crippen LogP) is -11.6. The Morgan fingerprint density at radius 3 is 0.905 bits per heavy atom. The van der Waals surface area contributed by atoms with Crippen LogP contribution >= 0.6 is 0 Å².